The van der Waals surface area contributed by atoms with E-state index in [0.717, 1.165) is 6.42 Å². The fourth-order valence-electron chi connectivity index (χ4n) is 1.54. The van der Waals surface area contributed by atoms with E-state index < -0.39 is 5.97 Å². The summed E-state index contributed by atoms with van der Waals surface area (Å²) >= 11 is 0. The molecule has 0 aromatic heterocycles. The minimum atomic E-state index is -0.933. The molecule has 0 amide bonds. The third-order valence-corrected chi connectivity index (χ3v) is 2.64. The summed E-state index contributed by atoms with van der Waals surface area (Å²) in [5, 5.41) is 8.58. The van der Waals surface area contributed by atoms with Crippen LogP contribution in [-0.4, -0.2) is 16.9 Å². The molecule has 0 saturated carbocycles. The Morgan fingerprint density at radius 3 is 2.24 bits per heavy atom. The summed E-state index contributed by atoms with van der Waals surface area (Å²) in [6.45, 7) is 7.56. The van der Waals surface area contributed by atoms with Crippen LogP contribution in [0.5, 0.6) is 0 Å². The minimum Gasteiger partial charge on any atom is -0.478 e. The minimum absolute atomic E-state index is 0.196. The lowest BCUT2D eigenvalue weighted by Crippen LogP contribution is -2.07. The Hall–Kier alpha value is -1.38. The second-order valence-electron chi connectivity index (χ2n) is 4.73. The van der Waals surface area contributed by atoms with Crippen LogP contribution in [0.3, 0.4) is 0 Å². The molecule has 1 unspecified atom stereocenters. The zero-order valence-corrected chi connectivity index (χ0v) is 11.1. The fourth-order valence-corrected chi connectivity index (χ4v) is 1.54. The molecule has 0 aromatic carbocycles. The predicted octanol–water partition coefficient (Wildman–Crippen LogP) is 3.21. The first-order valence-corrected chi connectivity index (χ1v) is 5.91. The molecule has 0 saturated heterocycles. The quantitative estimate of drug-likeness (QED) is 0.547. The first kappa shape index (κ1) is 15.6. The van der Waals surface area contributed by atoms with Gasteiger partial charge < -0.3 is 9.90 Å². The van der Waals surface area contributed by atoms with E-state index in [4.69, 9.17) is 5.11 Å². The van der Waals surface area contributed by atoms with E-state index in [1.165, 1.54) is 6.08 Å². The molecule has 0 rings (SSSR count). The van der Waals surface area contributed by atoms with Gasteiger partial charge in [0.15, 0.2) is 0 Å². The first-order chi connectivity index (χ1) is 7.82. The predicted molar refractivity (Wildman–Crippen MR) is 68.8 cm³/mol. The number of Topliss-reactive ketones (excluding diaryl/α,β-unsaturated/α-hetero) is 1. The zero-order valence-electron chi connectivity index (χ0n) is 11.1. The molecule has 17 heavy (non-hydrogen) atoms. The van der Waals surface area contributed by atoms with Crippen LogP contribution in [-0.2, 0) is 9.59 Å². The number of carbonyl (C=O) groups excluding carboxylic acids is 1. The van der Waals surface area contributed by atoms with E-state index in [2.05, 4.69) is 13.8 Å². The van der Waals surface area contributed by atoms with E-state index >= 15 is 0 Å². The molecular formula is C14H22O3. The molecule has 96 valence electrons. The smallest absolute Gasteiger partial charge is 0.328 e. The Kier molecular flexibility index (Phi) is 7.19. The van der Waals surface area contributed by atoms with Crippen LogP contribution >= 0.6 is 0 Å². The highest BCUT2D eigenvalue weighted by molar-refractivity contribution is 5.81. The molecule has 0 heterocycles. The highest BCUT2D eigenvalue weighted by atomic mass is 16.4. The molecule has 0 radical (unpaired) electrons. The van der Waals surface area contributed by atoms with Crippen LogP contribution in [0.1, 0.15) is 40.5 Å². The van der Waals surface area contributed by atoms with Crippen molar-refractivity contribution in [1.29, 1.82) is 0 Å². The summed E-state index contributed by atoms with van der Waals surface area (Å²) in [6, 6.07) is 0. The summed E-state index contributed by atoms with van der Waals surface area (Å²) in [7, 11) is 0. The molecule has 1 atom stereocenters. The molecule has 0 spiro atoms. The van der Waals surface area contributed by atoms with Crippen LogP contribution < -0.4 is 0 Å². The van der Waals surface area contributed by atoms with Gasteiger partial charge in [-0.15, -0.1) is 0 Å². The molecular weight excluding hydrogens is 216 g/mol. The van der Waals surface area contributed by atoms with E-state index in [9.17, 15) is 9.59 Å². The van der Waals surface area contributed by atoms with Gasteiger partial charge in [0, 0.05) is 12.5 Å². The van der Waals surface area contributed by atoms with Gasteiger partial charge in [0.25, 0.3) is 0 Å². The second-order valence-corrected chi connectivity index (χ2v) is 4.73. The number of hydrogen-bond donors (Lipinski definition) is 1. The van der Waals surface area contributed by atoms with Crippen LogP contribution in [0, 0.1) is 11.8 Å². The number of carbonyl (C=O) groups is 2. The van der Waals surface area contributed by atoms with Crippen molar-refractivity contribution in [3.63, 3.8) is 0 Å². The lowest BCUT2D eigenvalue weighted by molar-refractivity contribution is -0.131. The van der Waals surface area contributed by atoms with Crippen molar-refractivity contribution in [2.24, 2.45) is 11.8 Å². The molecule has 0 aliphatic rings. The number of ketones is 1. The van der Waals surface area contributed by atoms with Gasteiger partial charge in [0.1, 0.15) is 5.78 Å². The molecule has 0 fully saturated rings. The Labute approximate surface area is 103 Å². The average Bonchev–Trinajstić information content (AvgIpc) is 2.15. The number of carboxylic acid groups (broad SMARTS) is 1. The number of hydrogen-bond acceptors (Lipinski definition) is 2. The van der Waals surface area contributed by atoms with E-state index in [1.54, 1.807) is 13.8 Å². The van der Waals surface area contributed by atoms with Gasteiger partial charge in [-0.2, -0.15) is 0 Å². The standard InChI is InChI=1S/C14H22O3/c1-10(2)13(8-6-12(4)15)7-5-11(3)9-14(16)17/h5,7,9-10,13H,6,8H2,1-4H3,(H,16,17). The Morgan fingerprint density at radius 1 is 1.24 bits per heavy atom. The maximum atomic E-state index is 10.9. The first-order valence-electron chi connectivity index (χ1n) is 5.91. The Morgan fingerprint density at radius 2 is 1.82 bits per heavy atom. The van der Waals surface area contributed by atoms with Gasteiger partial charge in [-0.3, -0.25) is 0 Å². The van der Waals surface area contributed by atoms with Gasteiger partial charge in [-0.05, 0) is 37.7 Å². The van der Waals surface area contributed by atoms with Crippen LogP contribution in [0.2, 0.25) is 0 Å². The van der Waals surface area contributed by atoms with Crippen molar-refractivity contribution in [1.82, 2.24) is 0 Å². The molecule has 0 aliphatic carbocycles. The molecule has 3 heteroatoms. The lowest BCUT2D eigenvalue weighted by Gasteiger charge is -2.15. The average molecular weight is 238 g/mol. The maximum Gasteiger partial charge on any atom is 0.328 e. The van der Waals surface area contributed by atoms with Gasteiger partial charge in [-0.25, -0.2) is 4.79 Å². The third kappa shape index (κ3) is 8.43. The topological polar surface area (TPSA) is 54.4 Å². The van der Waals surface area contributed by atoms with E-state index in [1.807, 2.05) is 12.2 Å². The van der Waals surface area contributed by atoms with Crippen LogP contribution in [0.25, 0.3) is 0 Å². The van der Waals surface area contributed by atoms with E-state index in [-0.39, 0.29) is 5.78 Å². The molecule has 1 N–H and O–H groups in total. The third-order valence-electron chi connectivity index (χ3n) is 2.64. The maximum absolute atomic E-state index is 10.9. The van der Waals surface area contributed by atoms with Crippen LogP contribution in [0.15, 0.2) is 23.8 Å². The van der Waals surface area contributed by atoms with Gasteiger partial charge in [0.2, 0.25) is 0 Å². The lowest BCUT2D eigenvalue weighted by atomic mass is 9.89. The molecule has 0 aromatic rings. The summed E-state index contributed by atoms with van der Waals surface area (Å²) in [4.78, 5) is 21.4. The highest BCUT2D eigenvalue weighted by Crippen LogP contribution is 2.19. The van der Waals surface area contributed by atoms with Gasteiger partial charge in [0.05, 0.1) is 0 Å². The van der Waals surface area contributed by atoms with Crippen molar-refractivity contribution >= 4 is 11.8 Å². The number of carboxylic acids is 1. The van der Waals surface area contributed by atoms with Crippen molar-refractivity contribution in [3.8, 4) is 0 Å². The normalized spacial score (nSPS) is 14.3. The van der Waals surface area contributed by atoms with Crippen molar-refractivity contribution < 1.29 is 14.7 Å². The number of allylic oxidation sites excluding steroid dienone is 3. The highest BCUT2D eigenvalue weighted by Gasteiger charge is 2.10. The van der Waals surface area contributed by atoms with Gasteiger partial charge in [-0.1, -0.05) is 26.0 Å². The van der Waals surface area contributed by atoms with Gasteiger partial charge >= 0.3 is 5.97 Å². The summed E-state index contributed by atoms with van der Waals surface area (Å²) in [5.74, 6) is 0.0260. The van der Waals surface area contributed by atoms with Crippen LogP contribution in [0.4, 0.5) is 0 Å². The van der Waals surface area contributed by atoms with Crippen molar-refractivity contribution in [2.75, 3.05) is 0 Å². The largest absolute Gasteiger partial charge is 0.478 e. The molecule has 0 bridgehead atoms. The number of aliphatic carboxylic acids is 1. The summed E-state index contributed by atoms with van der Waals surface area (Å²) < 4.78 is 0. The number of rotatable bonds is 7. The zero-order chi connectivity index (χ0) is 13.4. The monoisotopic (exact) mass is 238 g/mol. The molecule has 3 nitrogen and oxygen atoms in total. The Balaban J connectivity index is 4.48. The molecule has 0 aliphatic heterocycles. The van der Waals surface area contributed by atoms with Crippen molar-refractivity contribution in [2.45, 2.75) is 40.5 Å². The fraction of sp³-hybridized carbons (Fsp3) is 0.571. The van der Waals surface area contributed by atoms with Crippen molar-refractivity contribution in [3.05, 3.63) is 23.8 Å². The SMILES string of the molecule is CC(=O)CCC(C=CC(C)=CC(=O)O)C(C)C. The Bertz CT molecular complexity index is 324. The van der Waals surface area contributed by atoms with E-state index in [0.29, 0.717) is 23.8 Å². The second kappa shape index (κ2) is 7.82. The summed E-state index contributed by atoms with van der Waals surface area (Å²) in [5.41, 5.74) is 0.714. The summed E-state index contributed by atoms with van der Waals surface area (Å²) in [6.07, 6.45) is 6.40.